The first-order chi connectivity index (χ1) is 13.5. The highest BCUT2D eigenvalue weighted by atomic mass is 127. The third-order valence-corrected chi connectivity index (χ3v) is 5.69. The van der Waals surface area contributed by atoms with Crippen LogP contribution in [0.25, 0.3) is 0 Å². The van der Waals surface area contributed by atoms with Gasteiger partial charge in [-0.1, -0.05) is 56.0 Å². The van der Waals surface area contributed by atoms with Crippen LogP contribution in [0.4, 0.5) is 0 Å². The fourth-order valence-electron chi connectivity index (χ4n) is 3.68. The first kappa shape index (κ1) is 23.6. The number of aliphatic imine (C=N–C) groups is 1. The van der Waals surface area contributed by atoms with Crippen molar-refractivity contribution in [3.8, 4) is 0 Å². The largest absolute Gasteiger partial charge is 0.356 e. The third kappa shape index (κ3) is 6.97. The van der Waals surface area contributed by atoms with E-state index in [4.69, 9.17) is 4.99 Å². The Bertz CT molecular complexity index is 794. The molecule has 29 heavy (non-hydrogen) atoms. The second kappa shape index (κ2) is 11.5. The molecule has 1 aromatic heterocycles. The fraction of sp³-hybridized carbons (Fsp3) is 0.591. The second-order valence-electron chi connectivity index (χ2n) is 8.06. The quantitative estimate of drug-likeness (QED) is 0.347. The summed E-state index contributed by atoms with van der Waals surface area (Å²) < 4.78 is 2.00. The standard InChI is InChI=1S/C22H34N6.HI/c1-16-9-8-10-19(13-16)17(2)14-23-22(25-20-11-6-5-7-12-20)24-15-21-27-26-18(3)28(21)4;/h8-10,13,17,20H,5-7,11-12,14-15H2,1-4H3,(H2,23,24,25);1H. The Morgan fingerprint density at radius 3 is 2.62 bits per heavy atom. The van der Waals surface area contributed by atoms with Gasteiger partial charge in [0.2, 0.25) is 0 Å². The van der Waals surface area contributed by atoms with Crippen LogP contribution in [0.15, 0.2) is 29.3 Å². The summed E-state index contributed by atoms with van der Waals surface area (Å²) in [5, 5.41) is 15.6. The lowest BCUT2D eigenvalue weighted by atomic mass is 9.96. The molecule has 0 aliphatic heterocycles. The van der Waals surface area contributed by atoms with Crippen LogP contribution in [0.5, 0.6) is 0 Å². The van der Waals surface area contributed by atoms with Crippen LogP contribution in [-0.2, 0) is 13.6 Å². The van der Waals surface area contributed by atoms with Crippen molar-refractivity contribution >= 4 is 29.9 Å². The van der Waals surface area contributed by atoms with Gasteiger partial charge in [-0.2, -0.15) is 0 Å². The van der Waals surface area contributed by atoms with E-state index in [1.165, 1.54) is 43.2 Å². The van der Waals surface area contributed by atoms with Crippen molar-refractivity contribution in [1.29, 1.82) is 0 Å². The van der Waals surface area contributed by atoms with E-state index in [1.807, 2.05) is 18.5 Å². The van der Waals surface area contributed by atoms with E-state index >= 15 is 0 Å². The van der Waals surface area contributed by atoms with Gasteiger partial charge in [0.15, 0.2) is 11.8 Å². The molecular formula is C22H35IN6. The summed E-state index contributed by atoms with van der Waals surface area (Å²) in [7, 11) is 1.99. The molecule has 1 unspecified atom stereocenters. The number of aromatic nitrogens is 3. The number of halogens is 1. The Labute approximate surface area is 192 Å². The summed E-state index contributed by atoms with van der Waals surface area (Å²) in [5.41, 5.74) is 2.66. The molecular weight excluding hydrogens is 475 g/mol. The molecule has 0 radical (unpaired) electrons. The second-order valence-corrected chi connectivity index (χ2v) is 8.06. The van der Waals surface area contributed by atoms with E-state index in [1.54, 1.807) is 0 Å². The average molecular weight is 510 g/mol. The number of hydrogen-bond donors (Lipinski definition) is 2. The highest BCUT2D eigenvalue weighted by Gasteiger charge is 2.16. The van der Waals surface area contributed by atoms with Crippen molar-refractivity contribution in [1.82, 2.24) is 25.4 Å². The van der Waals surface area contributed by atoms with Crippen molar-refractivity contribution in [3.05, 3.63) is 47.0 Å². The van der Waals surface area contributed by atoms with Gasteiger partial charge in [0.1, 0.15) is 12.4 Å². The molecule has 2 aromatic rings. The maximum absolute atomic E-state index is 4.82. The van der Waals surface area contributed by atoms with Gasteiger partial charge in [0.25, 0.3) is 0 Å². The van der Waals surface area contributed by atoms with E-state index in [2.05, 4.69) is 58.9 Å². The Morgan fingerprint density at radius 2 is 1.97 bits per heavy atom. The van der Waals surface area contributed by atoms with Gasteiger partial charge in [0.05, 0.1) is 0 Å². The highest BCUT2D eigenvalue weighted by molar-refractivity contribution is 14.0. The van der Waals surface area contributed by atoms with Gasteiger partial charge in [-0.25, -0.2) is 4.99 Å². The maximum atomic E-state index is 4.82. The first-order valence-corrected chi connectivity index (χ1v) is 10.5. The van der Waals surface area contributed by atoms with Crippen LogP contribution < -0.4 is 10.6 Å². The molecule has 160 valence electrons. The predicted molar refractivity (Wildman–Crippen MR) is 130 cm³/mol. The van der Waals surface area contributed by atoms with Crippen molar-refractivity contribution < 1.29 is 0 Å². The van der Waals surface area contributed by atoms with Gasteiger partial charge in [-0.15, -0.1) is 34.2 Å². The van der Waals surface area contributed by atoms with Gasteiger partial charge in [0, 0.05) is 19.6 Å². The zero-order valence-electron chi connectivity index (χ0n) is 18.1. The Morgan fingerprint density at radius 1 is 1.21 bits per heavy atom. The molecule has 1 aliphatic rings. The lowest BCUT2D eigenvalue weighted by molar-refractivity contribution is 0.409. The third-order valence-electron chi connectivity index (χ3n) is 5.69. The molecule has 3 rings (SSSR count). The van der Waals surface area contributed by atoms with Crippen LogP contribution >= 0.6 is 24.0 Å². The van der Waals surface area contributed by atoms with Gasteiger partial charge in [-0.05, 0) is 38.2 Å². The minimum absolute atomic E-state index is 0. The Kier molecular flexibility index (Phi) is 9.39. The minimum atomic E-state index is 0. The SMILES string of the molecule is Cc1cccc(C(C)CNC(=NCc2nnc(C)n2C)NC2CCCCC2)c1.I. The average Bonchev–Trinajstić information content (AvgIpc) is 3.02. The van der Waals surface area contributed by atoms with Gasteiger partial charge < -0.3 is 15.2 Å². The summed E-state index contributed by atoms with van der Waals surface area (Å²) in [6.45, 7) is 7.73. The maximum Gasteiger partial charge on any atom is 0.191 e. The van der Waals surface area contributed by atoms with Crippen LogP contribution in [0.2, 0.25) is 0 Å². The lowest BCUT2D eigenvalue weighted by Crippen LogP contribution is -2.45. The molecule has 1 aliphatic carbocycles. The first-order valence-electron chi connectivity index (χ1n) is 10.5. The van der Waals surface area contributed by atoms with Crippen LogP contribution in [0.1, 0.15) is 67.7 Å². The molecule has 1 aromatic carbocycles. The van der Waals surface area contributed by atoms with Crippen molar-refractivity contribution in [2.45, 2.75) is 71.4 Å². The molecule has 0 spiro atoms. The summed E-state index contributed by atoms with van der Waals surface area (Å²) in [6.07, 6.45) is 6.38. The monoisotopic (exact) mass is 510 g/mol. The highest BCUT2D eigenvalue weighted by Crippen LogP contribution is 2.18. The molecule has 1 atom stereocenters. The van der Waals surface area contributed by atoms with Gasteiger partial charge in [-0.3, -0.25) is 0 Å². The zero-order chi connectivity index (χ0) is 19.9. The topological polar surface area (TPSA) is 67.1 Å². The lowest BCUT2D eigenvalue weighted by Gasteiger charge is -2.26. The summed E-state index contributed by atoms with van der Waals surface area (Å²) in [6, 6.07) is 9.25. The Balaban J connectivity index is 0.00000300. The van der Waals surface area contributed by atoms with E-state index in [9.17, 15) is 0 Å². The number of nitrogens with zero attached hydrogens (tertiary/aromatic N) is 4. The van der Waals surface area contributed by atoms with E-state index in [0.29, 0.717) is 18.5 Å². The van der Waals surface area contributed by atoms with Crippen LogP contribution in [0, 0.1) is 13.8 Å². The number of guanidine groups is 1. The Hall–Kier alpha value is -1.64. The number of rotatable bonds is 6. The molecule has 0 bridgehead atoms. The van der Waals surface area contributed by atoms with E-state index in [0.717, 1.165) is 24.2 Å². The summed E-state index contributed by atoms with van der Waals surface area (Å²) in [4.78, 5) is 4.82. The fourth-order valence-corrected chi connectivity index (χ4v) is 3.68. The molecule has 2 N–H and O–H groups in total. The van der Waals surface area contributed by atoms with Crippen molar-refractivity contribution in [2.24, 2.45) is 12.0 Å². The number of hydrogen-bond acceptors (Lipinski definition) is 3. The molecule has 1 heterocycles. The zero-order valence-corrected chi connectivity index (χ0v) is 20.4. The van der Waals surface area contributed by atoms with E-state index < -0.39 is 0 Å². The molecule has 0 amide bonds. The molecule has 0 saturated heterocycles. The summed E-state index contributed by atoms with van der Waals surface area (Å²) in [5.74, 6) is 3.09. The van der Waals surface area contributed by atoms with E-state index in [-0.39, 0.29) is 24.0 Å². The van der Waals surface area contributed by atoms with Crippen LogP contribution in [0.3, 0.4) is 0 Å². The molecule has 7 heteroatoms. The summed E-state index contributed by atoms with van der Waals surface area (Å²) >= 11 is 0. The molecule has 1 fully saturated rings. The van der Waals surface area contributed by atoms with Crippen molar-refractivity contribution in [3.63, 3.8) is 0 Å². The smallest absolute Gasteiger partial charge is 0.191 e. The van der Waals surface area contributed by atoms with Crippen molar-refractivity contribution in [2.75, 3.05) is 6.54 Å². The molecule has 1 saturated carbocycles. The molecule has 6 nitrogen and oxygen atoms in total. The van der Waals surface area contributed by atoms with Gasteiger partial charge >= 0.3 is 0 Å². The predicted octanol–water partition coefficient (Wildman–Crippen LogP) is 4.22. The minimum Gasteiger partial charge on any atom is -0.356 e. The number of aryl methyl sites for hydroxylation is 2. The van der Waals surface area contributed by atoms with Crippen LogP contribution in [-0.4, -0.2) is 33.3 Å². The number of benzene rings is 1. The number of nitrogens with one attached hydrogen (secondary N) is 2. The normalized spacial score (nSPS) is 16.2.